The van der Waals surface area contributed by atoms with E-state index >= 15 is 0 Å². The highest BCUT2D eigenvalue weighted by Crippen LogP contribution is 2.12. The molecule has 0 spiro atoms. The van der Waals surface area contributed by atoms with Gasteiger partial charge < -0.3 is 9.47 Å². The van der Waals surface area contributed by atoms with Crippen LogP contribution in [-0.4, -0.2) is 24.6 Å². The van der Waals surface area contributed by atoms with Gasteiger partial charge in [0.05, 0.1) is 12.7 Å². The predicted molar refractivity (Wildman–Crippen MR) is 116 cm³/mol. The first-order chi connectivity index (χ1) is 13.6. The SMILES string of the molecule is CCCCCCCCCCCCCCOC(=O)CCCC(=O)OC(C)CCC. The van der Waals surface area contributed by atoms with Gasteiger partial charge in [-0.15, -0.1) is 0 Å². The lowest BCUT2D eigenvalue weighted by atomic mass is 10.1. The third-order valence-electron chi connectivity index (χ3n) is 5.05. The molecule has 0 aromatic rings. The zero-order valence-corrected chi connectivity index (χ0v) is 18.9. The molecule has 0 rings (SSSR count). The summed E-state index contributed by atoms with van der Waals surface area (Å²) in [6.07, 6.45) is 18.5. The van der Waals surface area contributed by atoms with Gasteiger partial charge in [-0.1, -0.05) is 90.9 Å². The molecule has 0 aromatic carbocycles. The van der Waals surface area contributed by atoms with Crippen molar-refractivity contribution in [2.45, 2.75) is 136 Å². The van der Waals surface area contributed by atoms with Gasteiger partial charge in [0, 0.05) is 12.8 Å². The van der Waals surface area contributed by atoms with Crippen molar-refractivity contribution >= 4 is 11.9 Å². The Bertz CT molecular complexity index is 368. The molecular formula is C24H46O4. The van der Waals surface area contributed by atoms with E-state index in [0.29, 0.717) is 25.9 Å². The number of carbonyl (C=O) groups excluding carboxylic acids is 2. The Labute approximate surface area is 174 Å². The second-order valence-electron chi connectivity index (χ2n) is 8.05. The molecule has 0 heterocycles. The van der Waals surface area contributed by atoms with Crippen molar-refractivity contribution in [2.24, 2.45) is 0 Å². The van der Waals surface area contributed by atoms with E-state index in [1.165, 1.54) is 64.2 Å². The maximum atomic E-state index is 11.7. The first-order valence-corrected chi connectivity index (χ1v) is 11.9. The van der Waals surface area contributed by atoms with E-state index in [1.54, 1.807) is 0 Å². The van der Waals surface area contributed by atoms with Crippen LogP contribution in [0.1, 0.15) is 130 Å². The van der Waals surface area contributed by atoms with Crippen LogP contribution < -0.4 is 0 Å². The van der Waals surface area contributed by atoms with Crippen LogP contribution in [0.5, 0.6) is 0 Å². The molecule has 166 valence electrons. The smallest absolute Gasteiger partial charge is 0.306 e. The van der Waals surface area contributed by atoms with Crippen LogP contribution in [0.4, 0.5) is 0 Å². The predicted octanol–water partition coefficient (Wildman–Crippen LogP) is 7.13. The molecule has 1 atom stereocenters. The van der Waals surface area contributed by atoms with Gasteiger partial charge in [-0.3, -0.25) is 9.59 Å². The topological polar surface area (TPSA) is 52.6 Å². The van der Waals surface area contributed by atoms with Gasteiger partial charge in [0.1, 0.15) is 0 Å². The molecular weight excluding hydrogens is 352 g/mol. The zero-order valence-electron chi connectivity index (χ0n) is 18.9. The third-order valence-corrected chi connectivity index (χ3v) is 5.05. The summed E-state index contributed by atoms with van der Waals surface area (Å²) in [5, 5.41) is 0. The second-order valence-corrected chi connectivity index (χ2v) is 8.05. The molecule has 28 heavy (non-hydrogen) atoms. The van der Waals surface area contributed by atoms with E-state index in [9.17, 15) is 9.59 Å². The largest absolute Gasteiger partial charge is 0.466 e. The van der Waals surface area contributed by atoms with E-state index in [2.05, 4.69) is 13.8 Å². The highest BCUT2D eigenvalue weighted by Gasteiger charge is 2.10. The second kappa shape index (κ2) is 20.7. The Kier molecular flexibility index (Phi) is 19.9. The number of hydrogen-bond donors (Lipinski definition) is 0. The summed E-state index contributed by atoms with van der Waals surface area (Å²) in [6, 6.07) is 0. The van der Waals surface area contributed by atoms with E-state index < -0.39 is 0 Å². The number of rotatable bonds is 20. The summed E-state index contributed by atoms with van der Waals surface area (Å²) in [6.45, 7) is 6.74. The van der Waals surface area contributed by atoms with Gasteiger partial charge in [0.2, 0.25) is 0 Å². The Morgan fingerprint density at radius 1 is 0.643 bits per heavy atom. The standard InChI is InChI=1S/C24H46O4/c1-4-6-7-8-9-10-11-12-13-14-15-16-21-27-23(25)19-17-20-24(26)28-22(3)18-5-2/h22H,4-21H2,1-3H3. The lowest BCUT2D eigenvalue weighted by molar-refractivity contribution is -0.149. The van der Waals surface area contributed by atoms with Crippen LogP contribution in [-0.2, 0) is 19.1 Å². The fraction of sp³-hybridized carbons (Fsp3) is 0.917. The van der Waals surface area contributed by atoms with Crippen LogP contribution in [0, 0.1) is 0 Å². The lowest BCUT2D eigenvalue weighted by Crippen LogP contribution is -2.15. The Hall–Kier alpha value is -1.06. The molecule has 0 fully saturated rings. The minimum atomic E-state index is -0.213. The van der Waals surface area contributed by atoms with Crippen molar-refractivity contribution in [1.82, 2.24) is 0 Å². The van der Waals surface area contributed by atoms with Crippen molar-refractivity contribution in [2.75, 3.05) is 6.61 Å². The molecule has 1 unspecified atom stereocenters. The van der Waals surface area contributed by atoms with Crippen LogP contribution in [0.2, 0.25) is 0 Å². The van der Waals surface area contributed by atoms with Crippen molar-refractivity contribution in [3.05, 3.63) is 0 Å². The summed E-state index contributed by atoms with van der Waals surface area (Å²) in [4.78, 5) is 23.3. The minimum absolute atomic E-state index is 0.0322. The Balaban J connectivity index is 3.32. The molecule has 0 aliphatic carbocycles. The maximum Gasteiger partial charge on any atom is 0.306 e. The molecule has 0 N–H and O–H groups in total. The monoisotopic (exact) mass is 398 g/mol. The summed E-state index contributed by atoms with van der Waals surface area (Å²) in [5.74, 6) is -0.410. The molecule has 0 saturated heterocycles. The molecule has 0 amide bonds. The van der Waals surface area contributed by atoms with Crippen molar-refractivity contribution in [1.29, 1.82) is 0 Å². The van der Waals surface area contributed by atoms with Gasteiger partial charge in [-0.25, -0.2) is 0 Å². The zero-order chi connectivity index (χ0) is 20.9. The van der Waals surface area contributed by atoms with Crippen LogP contribution >= 0.6 is 0 Å². The first-order valence-electron chi connectivity index (χ1n) is 11.9. The van der Waals surface area contributed by atoms with Gasteiger partial charge in [0.25, 0.3) is 0 Å². The maximum absolute atomic E-state index is 11.7. The third kappa shape index (κ3) is 19.7. The van der Waals surface area contributed by atoms with Gasteiger partial charge in [-0.2, -0.15) is 0 Å². The highest BCUT2D eigenvalue weighted by molar-refractivity contribution is 5.72. The molecule has 0 aromatic heterocycles. The summed E-state index contributed by atoms with van der Waals surface area (Å²) >= 11 is 0. The molecule has 4 nitrogen and oxygen atoms in total. The van der Waals surface area contributed by atoms with Gasteiger partial charge in [-0.05, 0) is 26.2 Å². The lowest BCUT2D eigenvalue weighted by Gasteiger charge is -2.11. The number of esters is 2. The van der Waals surface area contributed by atoms with Gasteiger partial charge >= 0.3 is 11.9 Å². The Morgan fingerprint density at radius 2 is 1.14 bits per heavy atom. The summed E-state index contributed by atoms with van der Waals surface area (Å²) in [5.41, 5.74) is 0. The molecule has 0 aliphatic heterocycles. The van der Waals surface area contributed by atoms with Crippen LogP contribution in [0.15, 0.2) is 0 Å². The molecule has 0 bridgehead atoms. The van der Waals surface area contributed by atoms with Crippen molar-refractivity contribution < 1.29 is 19.1 Å². The van der Waals surface area contributed by atoms with Crippen LogP contribution in [0.25, 0.3) is 0 Å². The van der Waals surface area contributed by atoms with Gasteiger partial charge in [0.15, 0.2) is 0 Å². The van der Waals surface area contributed by atoms with E-state index in [-0.39, 0.29) is 18.0 Å². The average Bonchev–Trinajstić information content (AvgIpc) is 2.65. The molecule has 0 aliphatic rings. The van der Waals surface area contributed by atoms with E-state index in [0.717, 1.165) is 25.7 Å². The summed E-state index contributed by atoms with van der Waals surface area (Å²) in [7, 11) is 0. The molecule has 0 radical (unpaired) electrons. The van der Waals surface area contributed by atoms with Crippen LogP contribution in [0.3, 0.4) is 0 Å². The van der Waals surface area contributed by atoms with Crippen molar-refractivity contribution in [3.63, 3.8) is 0 Å². The number of carbonyl (C=O) groups is 2. The highest BCUT2D eigenvalue weighted by atomic mass is 16.5. The fourth-order valence-corrected chi connectivity index (χ4v) is 3.33. The Morgan fingerprint density at radius 3 is 1.68 bits per heavy atom. The number of ether oxygens (including phenoxy) is 2. The first kappa shape index (κ1) is 26.9. The quantitative estimate of drug-likeness (QED) is 0.162. The van der Waals surface area contributed by atoms with Crippen molar-refractivity contribution in [3.8, 4) is 0 Å². The van der Waals surface area contributed by atoms with E-state index in [1.807, 2.05) is 6.92 Å². The molecule has 0 saturated carbocycles. The fourth-order valence-electron chi connectivity index (χ4n) is 3.33. The molecule has 4 heteroatoms. The number of unbranched alkanes of at least 4 members (excludes halogenated alkanes) is 11. The summed E-state index contributed by atoms with van der Waals surface area (Å²) < 4.78 is 10.5. The number of hydrogen-bond acceptors (Lipinski definition) is 4. The normalized spacial score (nSPS) is 12.0. The average molecular weight is 399 g/mol. The van der Waals surface area contributed by atoms with E-state index in [4.69, 9.17) is 9.47 Å². The minimum Gasteiger partial charge on any atom is -0.466 e.